The Balaban J connectivity index is 0.000000129. The molecule has 0 saturated carbocycles. The zero-order chi connectivity index (χ0) is 79.2. The molecule has 114 heavy (non-hydrogen) atoms. The molecule has 0 unspecified atom stereocenters. The van der Waals surface area contributed by atoms with E-state index in [1.54, 1.807) is 58.4 Å². The van der Waals surface area contributed by atoms with Crippen molar-refractivity contribution in [3.63, 3.8) is 0 Å². The van der Waals surface area contributed by atoms with Crippen LogP contribution in [0.3, 0.4) is 0 Å². The number of aromatic nitrogens is 18. The molecule has 18 rings (SSSR count). The largest absolute Gasteiger partial charge is 0.495 e. The van der Waals surface area contributed by atoms with E-state index in [9.17, 15) is 14.4 Å². The van der Waals surface area contributed by atoms with Crippen LogP contribution in [0.15, 0.2) is 147 Å². The molecule has 3 aliphatic heterocycles. The third kappa shape index (κ3) is 14.2. The second kappa shape index (κ2) is 31.3. The van der Waals surface area contributed by atoms with Gasteiger partial charge in [0.1, 0.15) is 87.8 Å². The summed E-state index contributed by atoms with van der Waals surface area (Å²) in [6.07, 6.45) is 18.9. The highest BCUT2D eigenvalue weighted by molar-refractivity contribution is 6.10. The van der Waals surface area contributed by atoms with Gasteiger partial charge in [-0.1, -0.05) is 18.2 Å². The fourth-order valence-electron chi connectivity index (χ4n) is 15.6. The number of methoxy groups -OCH3 is 3. The standard InChI is InChI=1S/3C27H29N9O2/c1-34-10-7-18(8-11-34)36-26-23(25(28)30-15-31-26)24(33-36)17-4-5-19(22(13-17)38-3)32-27(37)20-12-16-6-9-29-14-21(16)35(20)2;1-34-10-7-18(8-11-34)36-26-23(25(28)30-15-31-26)24(33-36)16-4-5-19(22(13-16)38-3)32-27(37)21-12-17-14-29-9-6-20(17)35(21)2;1-34-11-8-17(9-12-34)36-26-23(25(28)30-15-31-26)24(33-36)16-6-7-18(22(13-16)38-3)32-27(37)21-14-19-20(35(21)2)5-4-10-29-19/h2*4-6,9,12-15,18H,7-8,10-11H2,1-3H3,(H,32,37)(H2,28,30,31);4-7,10,13-15,17H,8-9,11-12H2,1-3H3,(H,32,37)(H2,28,30,31). The van der Waals surface area contributed by atoms with Gasteiger partial charge in [-0.15, -0.1) is 0 Å². The number of hydrogen-bond donors (Lipinski definition) is 6. The minimum Gasteiger partial charge on any atom is -0.495 e. The number of nitrogens with one attached hydrogen (secondary N) is 3. The first-order valence-corrected chi connectivity index (χ1v) is 37.5. The highest BCUT2D eigenvalue weighted by atomic mass is 16.5. The monoisotopic (exact) mass is 1530 g/mol. The number of rotatable bonds is 15. The highest BCUT2D eigenvalue weighted by Gasteiger charge is 2.31. The van der Waals surface area contributed by atoms with Gasteiger partial charge in [-0.05, 0) is 178 Å². The maximum Gasteiger partial charge on any atom is 0.272 e. The molecule has 3 aromatic carbocycles. The highest BCUT2D eigenvalue weighted by Crippen LogP contribution is 2.42. The van der Waals surface area contributed by atoms with E-state index < -0.39 is 0 Å². The predicted molar refractivity (Wildman–Crippen MR) is 438 cm³/mol. The molecule has 3 saturated heterocycles. The molecule has 3 amide bonds. The number of amides is 3. The number of pyridine rings is 3. The summed E-state index contributed by atoms with van der Waals surface area (Å²) in [5, 5.41) is 27.9. The van der Waals surface area contributed by atoms with Crippen LogP contribution in [0.2, 0.25) is 0 Å². The lowest BCUT2D eigenvalue weighted by Gasteiger charge is -2.29. The molecule has 15 aromatic rings. The van der Waals surface area contributed by atoms with Gasteiger partial charge in [-0.25, -0.2) is 43.9 Å². The summed E-state index contributed by atoms with van der Waals surface area (Å²) in [7, 11) is 16.7. The smallest absolute Gasteiger partial charge is 0.272 e. The first-order chi connectivity index (χ1) is 55.3. The summed E-state index contributed by atoms with van der Waals surface area (Å²) in [6.45, 7) is 5.98. The molecule has 33 nitrogen and oxygen atoms in total. The van der Waals surface area contributed by atoms with E-state index in [1.807, 2.05) is 140 Å². The number of aryl methyl sites for hydroxylation is 3. The number of nitrogens with two attached hydrogens (primary N) is 3. The van der Waals surface area contributed by atoms with Gasteiger partial charge in [0.05, 0.1) is 101 Å². The van der Waals surface area contributed by atoms with Crippen molar-refractivity contribution in [3.05, 3.63) is 164 Å². The lowest BCUT2D eigenvalue weighted by atomic mass is 10.1. The minimum atomic E-state index is -0.258. The van der Waals surface area contributed by atoms with E-state index in [0.717, 1.165) is 155 Å². The first kappa shape index (κ1) is 74.6. The molecular weight excluding hydrogens is 1450 g/mol. The van der Waals surface area contributed by atoms with Crippen molar-refractivity contribution in [3.8, 4) is 51.0 Å². The van der Waals surface area contributed by atoms with Crippen LogP contribution in [0.25, 0.3) is 99.7 Å². The summed E-state index contributed by atoms with van der Waals surface area (Å²) in [4.78, 5) is 85.5. The van der Waals surface area contributed by atoms with Gasteiger partial charge < -0.3 is 75.8 Å². The SMILES string of the molecule is COc1cc(-c2nn(C3CCN(C)CC3)c3ncnc(N)c23)ccc1NC(=O)c1cc2ccncc2n1C.COc1cc(-c2nn(C3CCN(C)CC3)c3ncnc(N)c23)ccc1NC(=O)c1cc2cnccc2n1C.COc1cc(-c2nn(C3CCN(C)CC3)c3ncnc(N)c23)ccc1NC(=O)c1cc2ncccc2n1C. The molecule has 0 bridgehead atoms. The van der Waals surface area contributed by atoms with Gasteiger partial charge in [-0.3, -0.25) is 29.3 Å². The van der Waals surface area contributed by atoms with E-state index >= 15 is 0 Å². The second-order valence-corrected chi connectivity index (χ2v) is 29.0. The normalized spacial score (nSPS) is 14.8. The van der Waals surface area contributed by atoms with Gasteiger partial charge in [-0.2, -0.15) is 15.3 Å². The first-order valence-electron chi connectivity index (χ1n) is 37.5. The summed E-state index contributed by atoms with van der Waals surface area (Å²) >= 11 is 0. The van der Waals surface area contributed by atoms with Crippen molar-refractivity contribution in [1.29, 1.82) is 0 Å². The van der Waals surface area contributed by atoms with Crippen LogP contribution in [0.4, 0.5) is 34.5 Å². The number of anilines is 6. The molecule has 9 N–H and O–H groups in total. The topological polar surface area (TPSA) is 387 Å². The number of benzene rings is 3. The molecular formula is C81H87N27O6. The van der Waals surface area contributed by atoms with Crippen molar-refractivity contribution in [2.75, 3.05) is 115 Å². The number of piperidine rings is 3. The Morgan fingerprint density at radius 1 is 0.395 bits per heavy atom. The summed E-state index contributed by atoms with van der Waals surface area (Å²) in [5.41, 5.74) is 32.3. The van der Waals surface area contributed by atoms with E-state index in [-0.39, 0.29) is 35.8 Å². The molecule has 0 aliphatic carbocycles. The zero-order valence-corrected chi connectivity index (χ0v) is 64.6. The maximum atomic E-state index is 13.2. The van der Waals surface area contributed by atoms with Gasteiger partial charge in [0.15, 0.2) is 16.9 Å². The third-order valence-corrected chi connectivity index (χ3v) is 22.0. The number of nitrogen functional groups attached to an aromatic ring is 3. The summed E-state index contributed by atoms with van der Waals surface area (Å²) < 4.78 is 28.5. The van der Waals surface area contributed by atoms with Crippen LogP contribution >= 0.6 is 0 Å². The average molecular weight is 1530 g/mol. The van der Waals surface area contributed by atoms with Crippen LogP contribution in [0, 0.1) is 0 Å². The third-order valence-electron chi connectivity index (χ3n) is 22.0. The van der Waals surface area contributed by atoms with Gasteiger partial charge >= 0.3 is 0 Å². The zero-order valence-electron chi connectivity index (χ0n) is 64.6. The fourth-order valence-corrected chi connectivity index (χ4v) is 15.6. The number of nitrogens with zero attached hydrogens (tertiary/aromatic N) is 21. The van der Waals surface area contributed by atoms with E-state index in [2.05, 4.69) is 96.6 Å². The number of fused-ring (bicyclic) bond motifs is 6. The second-order valence-electron chi connectivity index (χ2n) is 29.0. The quantitative estimate of drug-likeness (QED) is 0.0555. The number of likely N-dealkylation sites (tertiary alicyclic amines) is 3. The molecule has 33 heteroatoms. The van der Waals surface area contributed by atoms with Crippen LogP contribution in [-0.4, -0.2) is 202 Å². The van der Waals surface area contributed by atoms with Gasteiger partial charge in [0.2, 0.25) is 0 Å². The Morgan fingerprint density at radius 2 is 0.763 bits per heavy atom. The lowest BCUT2D eigenvalue weighted by Crippen LogP contribution is -2.31. The molecule has 12 aromatic heterocycles. The van der Waals surface area contributed by atoms with Crippen molar-refractivity contribution in [1.82, 2.24) is 103 Å². The number of carbonyl (C=O) groups excluding carboxylic acids is 3. The van der Waals surface area contributed by atoms with Crippen LogP contribution < -0.4 is 47.4 Å². The van der Waals surface area contributed by atoms with Gasteiger partial charge in [0.25, 0.3) is 17.7 Å². The minimum absolute atomic E-state index is 0.229. The number of carbonyl (C=O) groups is 3. The summed E-state index contributed by atoms with van der Waals surface area (Å²) in [5.74, 6) is 1.91. The molecule has 0 radical (unpaired) electrons. The Labute approximate surface area is 654 Å². The summed E-state index contributed by atoms with van der Waals surface area (Å²) in [6, 6.07) is 30.4. The van der Waals surface area contributed by atoms with Crippen molar-refractivity contribution in [2.45, 2.75) is 56.7 Å². The lowest BCUT2D eigenvalue weighted by molar-refractivity contribution is 0.101. The molecule has 3 aliphatic rings. The van der Waals surface area contributed by atoms with E-state index in [0.29, 0.717) is 91.3 Å². The van der Waals surface area contributed by atoms with Crippen molar-refractivity contribution >= 4 is 118 Å². The van der Waals surface area contributed by atoms with Crippen molar-refractivity contribution in [2.24, 2.45) is 21.1 Å². The molecule has 0 spiro atoms. The Kier molecular flexibility index (Phi) is 20.5. The Morgan fingerprint density at radius 3 is 1.15 bits per heavy atom. The van der Waals surface area contributed by atoms with Crippen LogP contribution in [0.5, 0.6) is 17.2 Å². The van der Waals surface area contributed by atoms with Crippen LogP contribution in [0.1, 0.15) is 88.1 Å². The maximum absolute atomic E-state index is 13.2. The Bertz CT molecular complexity index is 5580. The Hall–Kier alpha value is -13.5. The molecule has 582 valence electrons. The van der Waals surface area contributed by atoms with Gasteiger partial charge in [0, 0.05) is 73.4 Å². The molecule has 3 fully saturated rings. The number of ether oxygens (including phenoxy) is 3. The fraction of sp³-hybridized carbons (Fsp3) is 0.296. The van der Waals surface area contributed by atoms with Crippen LogP contribution in [-0.2, 0) is 21.1 Å². The average Bonchev–Trinajstić information content (AvgIpc) is 1.61. The van der Waals surface area contributed by atoms with E-state index in [1.165, 1.54) is 19.0 Å². The number of hydrogen-bond acceptors (Lipinski definition) is 24. The van der Waals surface area contributed by atoms with E-state index in [4.69, 9.17) is 46.7 Å². The predicted octanol–water partition coefficient (Wildman–Crippen LogP) is 10.5. The molecule has 0 atom stereocenters. The van der Waals surface area contributed by atoms with Crippen molar-refractivity contribution < 1.29 is 28.6 Å². The molecule has 15 heterocycles.